The summed E-state index contributed by atoms with van der Waals surface area (Å²) in [4.78, 5) is 16.1. The average molecular weight is 265 g/mol. The highest BCUT2D eigenvalue weighted by atomic mass is 16.5. The van der Waals surface area contributed by atoms with Crippen LogP contribution in [0.15, 0.2) is 60.9 Å². The Labute approximate surface area is 115 Å². The lowest BCUT2D eigenvalue weighted by atomic mass is 10.1. The maximum absolute atomic E-state index is 12.1. The number of carbonyl (C=O) groups is 1. The van der Waals surface area contributed by atoms with Crippen molar-refractivity contribution in [2.24, 2.45) is 0 Å². The van der Waals surface area contributed by atoms with Crippen molar-refractivity contribution in [3.05, 3.63) is 66.5 Å². The smallest absolute Gasteiger partial charge is 0.343 e. The molecule has 0 spiro atoms. The summed E-state index contributed by atoms with van der Waals surface area (Å²) in [5, 5.41) is 11.1. The van der Waals surface area contributed by atoms with Gasteiger partial charge in [0.1, 0.15) is 11.5 Å². The van der Waals surface area contributed by atoms with Gasteiger partial charge in [-0.1, -0.05) is 18.2 Å². The van der Waals surface area contributed by atoms with E-state index in [0.717, 1.165) is 10.8 Å². The highest BCUT2D eigenvalue weighted by Gasteiger charge is 2.11. The molecule has 3 aromatic rings. The number of aromatic nitrogens is 1. The quantitative estimate of drug-likeness (QED) is 0.571. The normalized spacial score (nSPS) is 10.4. The van der Waals surface area contributed by atoms with Gasteiger partial charge in [0.25, 0.3) is 0 Å². The Bertz CT molecular complexity index is 778. The van der Waals surface area contributed by atoms with Crippen LogP contribution in [-0.2, 0) is 0 Å². The minimum Gasteiger partial charge on any atom is -0.508 e. The second-order valence-electron chi connectivity index (χ2n) is 4.29. The van der Waals surface area contributed by atoms with Crippen LogP contribution in [-0.4, -0.2) is 16.1 Å². The number of phenolic OH excluding ortho intramolecular Hbond substituents is 1. The van der Waals surface area contributed by atoms with E-state index in [9.17, 15) is 9.90 Å². The SMILES string of the molecule is O=C(Oc1cccc2ccncc12)c1cccc(O)c1. The molecule has 1 heterocycles. The van der Waals surface area contributed by atoms with Gasteiger partial charge >= 0.3 is 5.97 Å². The molecule has 0 aliphatic rings. The van der Waals surface area contributed by atoms with E-state index in [0.29, 0.717) is 11.3 Å². The molecular formula is C16H11NO3. The van der Waals surface area contributed by atoms with Crippen LogP contribution in [0.5, 0.6) is 11.5 Å². The number of ether oxygens (including phenoxy) is 1. The van der Waals surface area contributed by atoms with E-state index < -0.39 is 5.97 Å². The van der Waals surface area contributed by atoms with E-state index >= 15 is 0 Å². The number of fused-ring (bicyclic) bond motifs is 1. The van der Waals surface area contributed by atoms with E-state index in [1.165, 1.54) is 12.1 Å². The first-order valence-corrected chi connectivity index (χ1v) is 6.08. The predicted octanol–water partition coefficient (Wildman–Crippen LogP) is 3.16. The zero-order chi connectivity index (χ0) is 13.9. The lowest BCUT2D eigenvalue weighted by molar-refractivity contribution is 0.0736. The third kappa shape index (κ3) is 2.31. The van der Waals surface area contributed by atoms with Gasteiger partial charge in [-0.05, 0) is 35.7 Å². The first kappa shape index (κ1) is 12.2. The molecular weight excluding hydrogens is 254 g/mol. The lowest BCUT2D eigenvalue weighted by Gasteiger charge is -2.07. The number of aromatic hydroxyl groups is 1. The number of esters is 1. The molecule has 0 atom stereocenters. The molecule has 2 aromatic carbocycles. The molecule has 0 saturated carbocycles. The zero-order valence-electron chi connectivity index (χ0n) is 10.5. The summed E-state index contributed by atoms with van der Waals surface area (Å²) in [6.07, 6.45) is 3.34. The van der Waals surface area contributed by atoms with Gasteiger partial charge in [-0.15, -0.1) is 0 Å². The fourth-order valence-electron chi connectivity index (χ4n) is 1.97. The van der Waals surface area contributed by atoms with Gasteiger partial charge in [0.05, 0.1) is 5.56 Å². The van der Waals surface area contributed by atoms with Crippen molar-refractivity contribution in [3.63, 3.8) is 0 Å². The van der Waals surface area contributed by atoms with Crippen LogP contribution in [0.4, 0.5) is 0 Å². The van der Waals surface area contributed by atoms with Crippen LogP contribution < -0.4 is 4.74 Å². The number of rotatable bonds is 2. The summed E-state index contributed by atoms with van der Waals surface area (Å²) in [5.41, 5.74) is 0.297. The molecule has 0 radical (unpaired) electrons. The highest BCUT2D eigenvalue weighted by Crippen LogP contribution is 2.25. The lowest BCUT2D eigenvalue weighted by Crippen LogP contribution is -2.08. The molecule has 98 valence electrons. The number of hydrogen-bond donors (Lipinski definition) is 1. The monoisotopic (exact) mass is 265 g/mol. The average Bonchev–Trinajstić information content (AvgIpc) is 2.47. The van der Waals surface area contributed by atoms with Crippen molar-refractivity contribution in [2.45, 2.75) is 0 Å². The first-order valence-electron chi connectivity index (χ1n) is 6.08. The largest absolute Gasteiger partial charge is 0.508 e. The fourth-order valence-corrected chi connectivity index (χ4v) is 1.97. The van der Waals surface area contributed by atoms with E-state index in [1.54, 1.807) is 30.6 Å². The van der Waals surface area contributed by atoms with Crippen molar-refractivity contribution in [3.8, 4) is 11.5 Å². The molecule has 0 aliphatic heterocycles. The second kappa shape index (κ2) is 5.01. The van der Waals surface area contributed by atoms with Gasteiger partial charge in [-0.25, -0.2) is 4.79 Å². The topological polar surface area (TPSA) is 59.4 Å². The first-order chi connectivity index (χ1) is 9.74. The number of phenols is 1. The number of nitrogens with zero attached hydrogens (tertiary/aromatic N) is 1. The summed E-state index contributed by atoms with van der Waals surface area (Å²) in [6, 6.07) is 13.3. The van der Waals surface area contributed by atoms with E-state index in [1.807, 2.05) is 18.2 Å². The molecule has 0 unspecified atom stereocenters. The standard InChI is InChI=1S/C16H11NO3/c18-13-5-1-4-12(9-13)16(19)20-15-6-2-3-11-7-8-17-10-14(11)15/h1-10,18H. The Balaban J connectivity index is 1.95. The summed E-state index contributed by atoms with van der Waals surface area (Å²) in [6.45, 7) is 0. The van der Waals surface area contributed by atoms with Crippen LogP contribution in [0.2, 0.25) is 0 Å². The van der Waals surface area contributed by atoms with Gasteiger partial charge in [-0.2, -0.15) is 0 Å². The summed E-state index contributed by atoms with van der Waals surface area (Å²) < 4.78 is 5.38. The Kier molecular flexibility index (Phi) is 3.05. The molecule has 20 heavy (non-hydrogen) atoms. The van der Waals surface area contributed by atoms with Crippen LogP contribution >= 0.6 is 0 Å². The fraction of sp³-hybridized carbons (Fsp3) is 0. The number of pyridine rings is 1. The van der Waals surface area contributed by atoms with Crippen molar-refractivity contribution < 1.29 is 14.6 Å². The van der Waals surface area contributed by atoms with Crippen molar-refractivity contribution in [1.82, 2.24) is 4.98 Å². The Morgan fingerprint density at radius 2 is 1.95 bits per heavy atom. The Hall–Kier alpha value is -2.88. The van der Waals surface area contributed by atoms with Crippen LogP contribution in [0.25, 0.3) is 10.8 Å². The van der Waals surface area contributed by atoms with Crippen molar-refractivity contribution in [1.29, 1.82) is 0 Å². The molecule has 0 saturated heterocycles. The van der Waals surface area contributed by atoms with E-state index in [2.05, 4.69) is 4.98 Å². The molecule has 4 heteroatoms. The predicted molar refractivity (Wildman–Crippen MR) is 74.8 cm³/mol. The molecule has 1 N–H and O–H groups in total. The minimum atomic E-state index is -0.516. The van der Waals surface area contributed by atoms with Gasteiger partial charge in [0.15, 0.2) is 0 Å². The Morgan fingerprint density at radius 3 is 2.80 bits per heavy atom. The zero-order valence-corrected chi connectivity index (χ0v) is 10.5. The molecule has 4 nitrogen and oxygen atoms in total. The van der Waals surface area contributed by atoms with Crippen molar-refractivity contribution >= 4 is 16.7 Å². The van der Waals surface area contributed by atoms with Gasteiger partial charge in [0, 0.05) is 17.8 Å². The van der Waals surface area contributed by atoms with Crippen molar-refractivity contribution in [2.75, 3.05) is 0 Å². The van der Waals surface area contributed by atoms with Gasteiger partial charge < -0.3 is 9.84 Å². The molecule has 0 amide bonds. The second-order valence-corrected chi connectivity index (χ2v) is 4.29. The summed E-state index contributed by atoms with van der Waals surface area (Å²) in [5.74, 6) is -0.0415. The molecule has 0 fully saturated rings. The van der Waals surface area contributed by atoms with Crippen LogP contribution in [0, 0.1) is 0 Å². The van der Waals surface area contributed by atoms with E-state index in [-0.39, 0.29) is 5.75 Å². The maximum atomic E-state index is 12.1. The maximum Gasteiger partial charge on any atom is 0.343 e. The molecule has 0 bridgehead atoms. The minimum absolute atomic E-state index is 0.0269. The highest BCUT2D eigenvalue weighted by molar-refractivity contribution is 5.95. The molecule has 0 aliphatic carbocycles. The number of carbonyl (C=O) groups excluding carboxylic acids is 1. The summed E-state index contributed by atoms with van der Waals surface area (Å²) >= 11 is 0. The Morgan fingerprint density at radius 1 is 1.10 bits per heavy atom. The number of hydrogen-bond acceptors (Lipinski definition) is 4. The number of benzene rings is 2. The van der Waals surface area contributed by atoms with Gasteiger partial charge in [0.2, 0.25) is 0 Å². The van der Waals surface area contributed by atoms with Gasteiger partial charge in [-0.3, -0.25) is 4.98 Å². The van der Waals surface area contributed by atoms with E-state index in [4.69, 9.17) is 4.74 Å². The summed E-state index contributed by atoms with van der Waals surface area (Å²) in [7, 11) is 0. The van der Waals surface area contributed by atoms with Crippen LogP contribution in [0.1, 0.15) is 10.4 Å². The molecule has 3 rings (SSSR count). The van der Waals surface area contributed by atoms with Crippen LogP contribution in [0.3, 0.4) is 0 Å². The third-order valence-electron chi connectivity index (χ3n) is 2.93. The third-order valence-corrected chi connectivity index (χ3v) is 2.93. The molecule has 1 aromatic heterocycles.